The van der Waals surface area contributed by atoms with Gasteiger partial charge in [0.1, 0.15) is 4.90 Å². The van der Waals surface area contributed by atoms with Crippen molar-refractivity contribution in [2.45, 2.75) is 43.0 Å². The van der Waals surface area contributed by atoms with E-state index in [1.165, 1.54) is 16.4 Å². The monoisotopic (exact) mass is 448 g/mol. The van der Waals surface area contributed by atoms with Crippen LogP contribution in [0.5, 0.6) is 0 Å². The minimum Gasteiger partial charge on any atom is -0.379 e. The lowest BCUT2D eigenvalue weighted by Gasteiger charge is -2.27. The van der Waals surface area contributed by atoms with E-state index in [4.69, 9.17) is 4.74 Å². The fraction of sp³-hybridized carbons (Fsp3) is 0.588. The first kappa shape index (κ1) is 19.7. The quantitative estimate of drug-likeness (QED) is 0.767. The Bertz CT molecular complexity index is 775. The first-order valence-corrected chi connectivity index (χ1v) is 11.0. The number of halogens is 2. The zero-order valence-corrected chi connectivity index (χ0v) is 16.7. The third kappa shape index (κ3) is 4.27. The zero-order valence-electron chi connectivity index (χ0n) is 14.3. The van der Waals surface area contributed by atoms with Gasteiger partial charge in [-0.25, -0.2) is 12.8 Å². The number of benzene rings is 1. The fourth-order valence-electron chi connectivity index (χ4n) is 3.35. The van der Waals surface area contributed by atoms with Crippen LogP contribution in [0.2, 0.25) is 0 Å². The van der Waals surface area contributed by atoms with Gasteiger partial charge in [0.25, 0.3) is 5.91 Å². The van der Waals surface area contributed by atoms with E-state index in [-0.39, 0.29) is 37.9 Å². The molecule has 26 heavy (non-hydrogen) atoms. The average Bonchev–Trinajstić information content (AvgIpc) is 2.64. The standard InChI is InChI=1S/C17H22BrFN2O4S/c18-12-10-14(17(22)20-13-4-2-1-3-5-13)16(19)15(11-12)26(23,24)21-6-8-25-9-7-21/h10-11,13H,1-9H2,(H,20,22). The lowest BCUT2D eigenvalue weighted by Crippen LogP contribution is -2.41. The van der Waals surface area contributed by atoms with Crippen molar-refractivity contribution >= 4 is 31.9 Å². The Labute approximate surface area is 161 Å². The van der Waals surface area contributed by atoms with Crippen molar-refractivity contribution in [1.82, 2.24) is 9.62 Å². The third-order valence-electron chi connectivity index (χ3n) is 4.78. The Hall–Kier alpha value is -1.03. The summed E-state index contributed by atoms with van der Waals surface area (Å²) in [6.45, 7) is 0.865. The molecular formula is C17H22BrFN2O4S. The lowest BCUT2D eigenvalue weighted by atomic mass is 9.95. The smallest absolute Gasteiger partial charge is 0.254 e. The Balaban J connectivity index is 1.89. The van der Waals surface area contributed by atoms with Crippen LogP contribution in [0, 0.1) is 5.82 Å². The van der Waals surface area contributed by atoms with E-state index in [1.807, 2.05) is 0 Å². The minimum atomic E-state index is -4.04. The summed E-state index contributed by atoms with van der Waals surface area (Å²) >= 11 is 3.20. The molecule has 0 spiro atoms. The van der Waals surface area contributed by atoms with E-state index in [0.29, 0.717) is 4.47 Å². The molecule has 0 atom stereocenters. The molecule has 9 heteroatoms. The number of ether oxygens (including phenoxy) is 1. The van der Waals surface area contributed by atoms with Crippen LogP contribution in [0.25, 0.3) is 0 Å². The first-order chi connectivity index (χ1) is 12.4. The number of hydrogen-bond donors (Lipinski definition) is 1. The van der Waals surface area contributed by atoms with Crippen LogP contribution in [-0.2, 0) is 14.8 Å². The van der Waals surface area contributed by atoms with E-state index >= 15 is 0 Å². The van der Waals surface area contributed by atoms with Crippen molar-refractivity contribution in [2.24, 2.45) is 0 Å². The number of carbonyl (C=O) groups excluding carboxylic acids is 1. The minimum absolute atomic E-state index is 0.00827. The second kappa shape index (κ2) is 8.33. The molecule has 1 saturated carbocycles. The van der Waals surface area contributed by atoms with Crippen molar-refractivity contribution in [2.75, 3.05) is 26.3 Å². The molecule has 1 aromatic carbocycles. The van der Waals surface area contributed by atoms with Crippen LogP contribution in [0.3, 0.4) is 0 Å². The summed E-state index contributed by atoms with van der Waals surface area (Å²) in [6.07, 6.45) is 4.92. The molecule has 6 nitrogen and oxygen atoms in total. The van der Waals surface area contributed by atoms with Crippen molar-refractivity contribution in [1.29, 1.82) is 0 Å². The summed E-state index contributed by atoms with van der Waals surface area (Å²) in [7, 11) is -4.04. The summed E-state index contributed by atoms with van der Waals surface area (Å²) < 4.78 is 47.3. The molecule has 1 heterocycles. The second-order valence-electron chi connectivity index (χ2n) is 6.59. The Morgan fingerprint density at radius 3 is 2.50 bits per heavy atom. The van der Waals surface area contributed by atoms with E-state index in [9.17, 15) is 17.6 Å². The van der Waals surface area contributed by atoms with Crippen molar-refractivity contribution in [3.05, 3.63) is 28.0 Å². The molecule has 2 fully saturated rings. The Morgan fingerprint density at radius 2 is 1.85 bits per heavy atom. The molecular weight excluding hydrogens is 427 g/mol. The summed E-state index contributed by atoms with van der Waals surface area (Å²) in [6, 6.07) is 2.54. The maximum Gasteiger partial charge on any atom is 0.254 e. The van der Waals surface area contributed by atoms with Gasteiger partial charge in [0, 0.05) is 23.6 Å². The van der Waals surface area contributed by atoms with E-state index in [1.54, 1.807) is 0 Å². The first-order valence-electron chi connectivity index (χ1n) is 8.77. The number of morpholine rings is 1. The van der Waals surface area contributed by atoms with Crippen molar-refractivity contribution in [3.8, 4) is 0 Å². The molecule has 0 aromatic heterocycles. The normalized spacial score (nSPS) is 20.1. The van der Waals surface area contributed by atoms with Crippen molar-refractivity contribution < 1.29 is 22.3 Å². The zero-order chi connectivity index (χ0) is 18.7. The highest BCUT2D eigenvalue weighted by Crippen LogP contribution is 2.28. The number of nitrogens with zero attached hydrogens (tertiary/aromatic N) is 1. The number of nitrogens with one attached hydrogen (secondary N) is 1. The predicted octanol–water partition coefficient (Wildman–Crippen LogP) is 2.67. The van der Waals surface area contributed by atoms with Gasteiger partial charge in [-0.15, -0.1) is 0 Å². The lowest BCUT2D eigenvalue weighted by molar-refractivity contribution is 0.0729. The Kier molecular flexibility index (Phi) is 6.32. The van der Waals surface area contributed by atoms with E-state index in [0.717, 1.165) is 32.1 Å². The molecule has 144 valence electrons. The Morgan fingerprint density at radius 1 is 1.19 bits per heavy atom. The molecule has 0 unspecified atom stereocenters. The average molecular weight is 449 g/mol. The topological polar surface area (TPSA) is 75.7 Å². The summed E-state index contributed by atoms with van der Waals surface area (Å²) in [5.74, 6) is -1.58. The van der Waals surface area contributed by atoms with Crippen LogP contribution in [0.4, 0.5) is 4.39 Å². The van der Waals surface area contributed by atoms with Gasteiger partial charge >= 0.3 is 0 Å². The highest BCUT2D eigenvalue weighted by Gasteiger charge is 2.32. The highest BCUT2D eigenvalue weighted by molar-refractivity contribution is 9.10. The molecule has 1 saturated heterocycles. The predicted molar refractivity (Wildman–Crippen MR) is 98.0 cm³/mol. The molecule has 1 aliphatic carbocycles. The molecule has 1 N–H and O–H groups in total. The van der Waals surface area contributed by atoms with E-state index < -0.39 is 26.6 Å². The molecule has 3 rings (SSSR count). The maximum absolute atomic E-state index is 15.0. The van der Waals surface area contributed by atoms with Crippen LogP contribution in [0.15, 0.2) is 21.5 Å². The molecule has 1 aliphatic heterocycles. The van der Waals surface area contributed by atoms with E-state index in [2.05, 4.69) is 21.2 Å². The van der Waals surface area contributed by atoms with Gasteiger partial charge in [-0.05, 0) is 25.0 Å². The second-order valence-corrected chi connectivity index (χ2v) is 9.41. The van der Waals surface area contributed by atoms with Gasteiger partial charge in [-0.3, -0.25) is 4.79 Å². The van der Waals surface area contributed by atoms with Crippen LogP contribution < -0.4 is 5.32 Å². The maximum atomic E-state index is 15.0. The molecule has 2 aliphatic rings. The number of carbonyl (C=O) groups is 1. The number of rotatable bonds is 4. The number of hydrogen-bond acceptors (Lipinski definition) is 4. The number of amides is 1. The van der Waals surface area contributed by atoms with Gasteiger partial charge < -0.3 is 10.1 Å². The van der Waals surface area contributed by atoms with Gasteiger partial charge in [0.2, 0.25) is 10.0 Å². The summed E-state index contributed by atoms with van der Waals surface area (Å²) in [5, 5.41) is 2.83. The van der Waals surface area contributed by atoms with Gasteiger partial charge in [0.15, 0.2) is 5.82 Å². The molecule has 1 amide bonds. The van der Waals surface area contributed by atoms with Crippen LogP contribution >= 0.6 is 15.9 Å². The molecule has 1 aromatic rings. The molecule has 0 bridgehead atoms. The van der Waals surface area contributed by atoms with Gasteiger partial charge in [-0.1, -0.05) is 35.2 Å². The highest BCUT2D eigenvalue weighted by atomic mass is 79.9. The third-order valence-corrected chi connectivity index (χ3v) is 7.13. The van der Waals surface area contributed by atoms with Crippen LogP contribution in [0.1, 0.15) is 42.5 Å². The molecule has 0 radical (unpaired) electrons. The summed E-state index contributed by atoms with van der Waals surface area (Å²) in [5.41, 5.74) is -0.253. The fourth-order valence-corrected chi connectivity index (χ4v) is 5.48. The largest absolute Gasteiger partial charge is 0.379 e. The SMILES string of the molecule is O=C(NC1CCCCC1)c1cc(Br)cc(S(=O)(=O)N2CCOCC2)c1F. The van der Waals surface area contributed by atoms with Gasteiger partial charge in [-0.2, -0.15) is 4.31 Å². The van der Waals surface area contributed by atoms with Gasteiger partial charge in [0.05, 0.1) is 18.8 Å². The van der Waals surface area contributed by atoms with Crippen LogP contribution in [-0.4, -0.2) is 51.0 Å². The van der Waals surface area contributed by atoms with Crippen molar-refractivity contribution in [3.63, 3.8) is 0 Å². The summed E-state index contributed by atoms with van der Waals surface area (Å²) in [4.78, 5) is 12.1. The number of sulfonamides is 1.